The lowest BCUT2D eigenvalue weighted by Gasteiger charge is -2.38. The van der Waals surface area contributed by atoms with E-state index in [4.69, 9.17) is 4.74 Å². The molecule has 0 aliphatic heterocycles. The first-order valence-corrected chi connectivity index (χ1v) is 6.64. The molecule has 0 radical (unpaired) electrons. The number of benzene rings is 1. The van der Waals surface area contributed by atoms with E-state index in [2.05, 4.69) is 5.32 Å². The number of amides is 1. The Bertz CT molecular complexity index is 513. The van der Waals surface area contributed by atoms with Crippen LogP contribution in [0.25, 0.3) is 0 Å². The van der Waals surface area contributed by atoms with Gasteiger partial charge in [0.1, 0.15) is 5.60 Å². The first-order valence-electron chi connectivity index (χ1n) is 6.64. The van der Waals surface area contributed by atoms with Gasteiger partial charge in [0.2, 0.25) is 5.91 Å². The van der Waals surface area contributed by atoms with Gasteiger partial charge >= 0.3 is 5.97 Å². The Morgan fingerprint density at radius 3 is 2.10 bits per heavy atom. The van der Waals surface area contributed by atoms with Crippen LogP contribution in [-0.4, -0.2) is 17.5 Å². The highest BCUT2D eigenvalue weighted by molar-refractivity contribution is 6.00. The van der Waals surface area contributed by atoms with Crippen molar-refractivity contribution >= 4 is 17.6 Å². The maximum absolute atomic E-state index is 12.3. The van der Waals surface area contributed by atoms with Crippen molar-refractivity contribution in [2.75, 3.05) is 5.32 Å². The maximum atomic E-state index is 12.3. The molecule has 0 spiro atoms. The van der Waals surface area contributed by atoms with E-state index < -0.39 is 11.6 Å². The summed E-state index contributed by atoms with van der Waals surface area (Å²) in [6.45, 7) is 11.2. The van der Waals surface area contributed by atoms with E-state index in [1.54, 1.807) is 24.3 Å². The van der Waals surface area contributed by atoms with E-state index in [-0.39, 0.29) is 11.3 Å². The molecular weight excluding hydrogens is 254 g/mol. The van der Waals surface area contributed by atoms with Crippen LogP contribution in [-0.2, 0) is 9.53 Å². The van der Waals surface area contributed by atoms with Crippen molar-refractivity contribution in [3.63, 3.8) is 0 Å². The lowest BCUT2D eigenvalue weighted by molar-refractivity contribution is -0.114. The molecule has 1 rings (SSSR count). The average Bonchev–Trinajstić information content (AvgIpc) is 2.26. The molecule has 0 aromatic heterocycles. The first-order chi connectivity index (χ1) is 9.04. The highest BCUT2D eigenvalue weighted by Crippen LogP contribution is 2.34. The van der Waals surface area contributed by atoms with Crippen LogP contribution < -0.4 is 5.32 Å². The van der Waals surface area contributed by atoms with Crippen LogP contribution in [0.5, 0.6) is 0 Å². The standard InChI is InChI=1S/C16H23NO3/c1-11(18)17-13-10-8-7-9-12(13)14(19)20-16(5,6)15(2,3)4/h7-10H,1-6H3,(H,17,18). The van der Waals surface area contributed by atoms with Gasteiger partial charge in [-0.1, -0.05) is 32.9 Å². The number of hydrogen-bond donors (Lipinski definition) is 1. The van der Waals surface area contributed by atoms with Gasteiger partial charge in [0.15, 0.2) is 0 Å². The summed E-state index contributed by atoms with van der Waals surface area (Å²) in [6.07, 6.45) is 0. The molecule has 20 heavy (non-hydrogen) atoms. The van der Waals surface area contributed by atoms with Crippen molar-refractivity contribution < 1.29 is 14.3 Å². The Morgan fingerprint density at radius 1 is 1.05 bits per heavy atom. The molecule has 1 aromatic rings. The van der Waals surface area contributed by atoms with E-state index in [1.807, 2.05) is 34.6 Å². The minimum Gasteiger partial charge on any atom is -0.455 e. The number of carbonyl (C=O) groups excluding carboxylic acids is 2. The molecular formula is C16H23NO3. The molecule has 110 valence electrons. The summed E-state index contributed by atoms with van der Waals surface area (Å²) < 4.78 is 5.62. The fourth-order valence-electron chi connectivity index (χ4n) is 1.40. The zero-order valence-corrected chi connectivity index (χ0v) is 13.0. The molecule has 0 atom stereocenters. The highest BCUT2D eigenvalue weighted by atomic mass is 16.6. The van der Waals surface area contributed by atoms with Crippen LogP contribution in [0.3, 0.4) is 0 Å². The van der Waals surface area contributed by atoms with Gasteiger partial charge in [-0.15, -0.1) is 0 Å². The fraction of sp³-hybridized carbons (Fsp3) is 0.500. The SMILES string of the molecule is CC(=O)Nc1ccccc1C(=O)OC(C)(C)C(C)(C)C. The van der Waals surface area contributed by atoms with Gasteiger partial charge in [0.25, 0.3) is 0 Å². The molecule has 1 N–H and O–H groups in total. The molecule has 0 heterocycles. The zero-order chi connectivity index (χ0) is 15.6. The van der Waals surface area contributed by atoms with E-state index in [0.717, 1.165) is 0 Å². The molecule has 0 bridgehead atoms. The van der Waals surface area contributed by atoms with Crippen LogP contribution in [0.1, 0.15) is 51.9 Å². The second kappa shape index (κ2) is 5.65. The third-order valence-corrected chi connectivity index (χ3v) is 3.61. The van der Waals surface area contributed by atoms with Crippen molar-refractivity contribution in [1.29, 1.82) is 0 Å². The van der Waals surface area contributed by atoms with Crippen molar-refractivity contribution in [2.45, 2.75) is 47.1 Å². The van der Waals surface area contributed by atoms with Crippen molar-refractivity contribution in [2.24, 2.45) is 5.41 Å². The predicted molar refractivity (Wildman–Crippen MR) is 79.7 cm³/mol. The topological polar surface area (TPSA) is 55.4 Å². The minimum atomic E-state index is -0.618. The second-order valence-corrected chi connectivity index (χ2v) is 6.38. The normalized spacial score (nSPS) is 11.9. The van der Waals surface area contributed by atoms with Crippen LogP contribution in [0.15, 0.2) is 24.3 Å². The number of esters is 1. The minimum absolute atomic E-state index is 0.189. The summed E-state index contributed by atoms with van der Waals surface area (Å²) in [5, 5.41) is 2.64. The molecule has 0 saturated carbocycles. The predicted octanol–water partition coefficient (Wildman–Crippen LogP) is 3.63. The summed E-state index contributed by atoms with van der Waals surface area (Å²) in [6, 6.07) is 6.83. The molecule has 4 heteroatoms. The molecule has 0 unspecified atom stereocenters. The quantitative estimate of drug-likeness (QED) is 0.858. The van der Waals surface area contributed by atoms with Crippen LogP contribution in [0.4, 0.5) is 5.69 Å². The summed E-state index contributed by atoms with van der Waals surface area (Å²) in [5.74, 6) is -0.658. The first kappa shape index (κ1) is 16.2. The number of para-hydroxylation sites is 1. The van der Waals surface area contributed by atoms with Gasteiger partial charge in [-0.25, -0.2) is 4.79 Å². The average molecular weight is 277 g/mol. The van der Waals surface area contributed by atoms with Gasteiger partial charge in [-0.05, 0) is 26.0 Å². The molecule has 0 saturated heterocycles. The smallest absolute Gasteiger partial charge is 0.340 e. The Labute approximate surface area is 120 Å². The van der Waals surface area contributed by atoms with Crippen LogP contribution in [0.2, 0.25) is 0 Å². The number of anilines is 1. The van der Waals surface area contributed by atoms with Gasteiger partial charge < -0.3 is 10.1 Å². The molecule has 4 nitrogen and oxygen atoms in total. The Balaban J connectivity index is 3.02. The summed E-state index contributed by atoms with van der Waals surface area (Å²) in [4.78, 5) is 23.5. The van der Waals surface area contributed by atoms with Gasteiger partial charge in [0.05, 0.1) is 11.3 Å². The lowest BCUT2D eigenvalue weighted by atomic mass is 9.79. The van der Waals surface area contributed by atoms with Crippen molar-refractivity contribution in [1.82, 2.24) is 0 Å². The molecule has 1 aromatic carbocycles. The molecule has 0 fully saturated rings. The lowest BCUT2D eigenvalue weighted by Crippen LogP contribution is -2.41. The fourth-order valence-corrected chi connectivity index (χ4v) is 1.40. The number of ether oxygens (including phenoxy) is 1. The molecule has 1 amide bonds. The zero-order valence-electron chi connectivity index (χ0n) is 13.0. The third-order valence-electron chi connectivity index (χ3n) is 3.61. The van der Waals surface area contributed by atoms with E-state index in [1.165, 1.54) is 6.92 Å². The van der Waals surface area contributed by atoms with Gasteiger partial charge in [-0.3, -0.25) is 4.79 Å². The largest absolute Gasteiger partial charge is 0.455 e. The number of carbonyl (C=O) groups is 2. The molecule has 0 aliphatic carbocycles. The second-order valence-electron chi connectivity index (χ2n) is 6.38. The van der Waals surface area contributed by atoms with Gasteiger partial charge in [0, 0.05) is 12.3 Å². The van der Waals surface area contributed by atoms with Gasteiger partial charge in [-0.2, -0.15) is 0 Å². The third kappa shape index (κ3) is 3.83. The maximum Gasteiger partial charge on any atom is 0.340 e. The van der Waals surface area contributed by atoms with E-state index in [0.29, 0.717) is 11.3 Å². The van der Waals surface area contributed by atoms with Crippen LogP contribution >= 0.6 is 0 Å². The van der Waals surface area contributed by atoms with Crippen molar-refractivity contribution in [3.05, 3.63) is 29.8 Å². The number of nitrogens with one attached hydrogen (secondary N) is 1. The van der Waals surface area contributed by atoms with Crippen LogP contribution in [0, 0.1) is 5.41 Å². The Hall–Kier alpha value is -1.84. The highest BCUT2D eigenvalue weighted by Gasteiger charge is 2.37. The van der Waals surface area contributed by atoms with E-state index >= 15 is 0 Å². The van der Waals surface area contributed by atoms with E-state index in [9.17, 15) is 9.59 Å². The van der Waals surface area contributed by atoms with Crippen molar-refractivity contribution in [3.8, 4) is 0 Å². The molecule has 0 aliphatic rings. The summed E-state index contributed by atoms with van der Waals surface area (Å²) in [7, 11) is 0. The number of hydrogen-bond acceptors (Lipinski definition) is 3. The monoisotopic (exact) mass is 277 g/mol. The summed E-state index contributed by atoms with van der Waals surface area (Å²) >= 11 is 0. The summed E-state index contributed by atoms with van der Waals surface area (Å²) in [5.41, 5.74) is 0.0219. The Morgan fingerprint density at radius 2 is 1.60 bits per heavy atom. The Kier molecular flexibility index (Phi) is 4.58. The number of rotatable bonds is 3.